The van der Waals surface area contributed by atoms with Gasteiger partial charge in [0.05, 0.1) is 0 Å². The average molecular weight is 223 g/mol. The van der Waals surface area contributed by atoms with E-state index >= 15 is 0 Å². The second-order valence-electron chi connectivity index (χ2n) is 3.88. The van der Waals surface area contributed by atoms with Gasteiger partial charge in [-0.25, -0.2) is 9.97 Å². The van der Waals surface area contributed by atoms with Crippen molar-refractivity contribution >= 4 is 0 Å². The Kier molecular flexibility index (Phi) is 5.35. The largest absolute Gasteiger partial charge is 0.373 e. The Labute approximate surface area is 97.2 Å². The first-order chi connectivity index (χ1) is 7.69. The number of hydrogen-bond donors (Lipinski definition) is 1. The predicted octanol–water partition coefficient (Wildman–Crippen LogP) is 1.52. The summed E-state index contributed by atoms with van der Waals surface area (Å²) >= 11 is 0. The van der Waals surface area contributed by atoms with E-state index in [4.69, 9.17) is 10.5 Å². The van der Waals surface area contributed by atoms with Gasteiger partial charge in [0.15, 0.2) is 5.82 Å². The molecular formula is C12H21N3O. The van der Waals surface area contributed by atoms with Crippen LogP contribution in [-0.2, 0) is 17.8 Å². The van der Waals surface area contributed by atoms with E-state index in [2.05, 4.69) is 16.9 Å². The molecule has 2 N–H and O–H groups in total. The molecule has 0 radical (unpaired) electrons. The van der Waals surface area contributed by atoms with Crippen LogP contribution < -0.4 is 5.73 Å². The van der Waals surface area contributed by atoms with Gasteiger partial charge < -0.3 is 10.5 Å². The molecule has 1 rings (SSSR count). The fourth-order valence-electron chi connectivity index (χ4n) is 1.69. The molecule has 0 bridgehead atoms. The summed E-state index contributed by atoms with van der Waals surface area (Å²) in [5.74, 6) is 0.768. The first kappa shape index (κ1) is 13.1. The van der Waals surface area contributed by atoms with E-state index in [-0.39, 0.29) is 0 Å². The molecule has 0 spiro atoms. The summed E-state index contributed by atoms with van der Waals surface area (Å²) in [6, 6.07) is 0. The molecule has 0 aromatic carbocycles. The van der Waals surface area contributed by atoms with E-state index in [0.717, 1.165) is 36.7 Å². The maximum absolute atomic E-state index is 5.55. The Morgan fingerprint density at radius 2 is 1.81 bits per heavy atom. The molecule has 0 amide bonds. The number of ether oxygens (including phenoxy) is 1. The summed E-state index contributed by atoms with van der Waals surface area (Å²) in [6.07, 6.45) is 1.86. The number of rotatable bonds is 6. The zero-order valence-corrected chi connectivity index (χ0v) is 10.4. The lowest BCUT2D eigenvalue weighted by atomic mass is 10.1. The van der Waals surface area contributed by atoms with Crippen LogP contribution in [0.5, 0.6) is 0 Å². The molecule has 90 valence electrons. The fraction of sp³-hybridized carbons (Fsp3) is 0.667. The Morgan fingerprint density at radius 3 is 2.31 bits per heavy atom. The molecule has 0 aliphatic heterocycles. The molecule has 0 unspecified atom stereocenters. The number of aryl methyl sites for hydroxylation is 2. The summed E-state index contributed by atoms with van der Waals surface area (Å²) in [7, 11) is 0. The van der Waals surface area contributed by atoms with E-state index < -0.39 is 0 Å². The van der Waals surface area contributed by atoms with E-state index in [0.29, 0.717) is 13.2 Å². The van der Waals surface area contributed by atoms with Crippen molar-refractivity contribution in [3.63, 3.8) is 0 Å². The molecule has 16 heavy (non-hydrogen) atoms. The lowest BCUT2D eigenvalue weighted by molar-refractivity contribution is 0.116. The van der Waals surface area contributed by atoms with Crippen molar-refractivity contribution in [2.24, 2.45) is 5.73 Å². The van der Waals surface area contributed by atoms with Gasteiger partial charge in [0.2, 0.25) is 0 Å². The van der Waals surface area contributed by atoms with Gasteiger partial charge in [-0.1, -0.05) is 6.92 Å². The third-order valence-corrected chi connectivity index (χ3v) is 2.44. The fourth-order valence-corrected chi connectivity index (χ4v) is 1.69. The molecule has 4 nitrogen and oxygen atoms in total. The van der Waals surface area contributed by atoms with Gasteiger partial charge in [-0.15, -0.1) is 0 Å². The van der Waals surface area contributed by atoms with Crippen molar-refractivity contribution in [3.8, 4) is 0 Å². The third kappa shape index (κ3) is 3.54. The standard InChI is InChI=1S/C12H21N3O/c1-4-7-16-8-12-14-9(2)11(5-6-13)10(3)15-12/h4-8,13H2,1-3H3. The quantitative estimate of drug-likeness (QED) is 0.743. The minimum Gasteiger partial charge on any atom is -0.373 e. The molecular weight excluding hydrogens is 202 g/mol. The number of hydrogen-bond acceptors (Lipinski definition) is 4. The smallest absolute Gasteiger partial charge is 0.154 e. The highest BCUT2D eigenvalue weighted by Crippen LogP contribution is 2.11. The number of nitrogens with zero attached hydrogens (tertiary/aromatic N) is 2. The van der Waals surface area contributed by atoms with Crippen LogP contribution in [0.15, 0.2) is 0 Å². The van der Waals surface area contributed by atoms with Crippen LogP contribution in [0.3, 0.4) is 0 Å². The normalized spacial score (nSPS) is 10.8. The van der Waals surface area contributed by atoms with Crippen molar-refractivity contribution in [2.45, 2.75) is 40.2 Å². The van der Waals surface area contributed by atoms with E-state index in [9.17, 15) is 0 Å². The molecule has 0 saturated carbocycles. The first-order valence-corrected chi connectivity index (χ1v) is 5.79. The molecule has 0 fully saturated rings. The van der Waals surface area contributed by atoms with Crippen LogP contribution in [0.1, 0.15) is 36.1 Å². The minimum atomic E-state index is 0.498. The van der Waals surface area contributed by atoms with Crippen molar-refractivity contribution in [1.82, 2.24) is 9.97 Å². The molecule has 1 aromatic rings. The monoisotopic (exact) mass is 223 g/mol. The van der Waals surface area contributed by atoms with Gasteiger partial charge in [-0.2, -0.15) is 0 Å². The molecule has 4 heteroatoms. The molecule has 0 saturated heterocycles. The molecule has 0 atom stereocenters. The number of nitrogens with two attached hydrogens (primary N) is 1. The average Bonchev–Trinajstić information content (AvgIpc) is 2.24. The highest BCUT2D eigenvalue weighted by Gasteiger charge is 2.07. The van der Waals surface area contributed by atoms with Crippen LogP contribution in [0.4, 0.5) is 0 Å². The SMILES string of the molecule is CCCOCc1nc(C)c(CCN)c(C)n1. The molecule has 1 heterocycles. The van der Waals surface area contributed by atoms with E-state index in [1.54, 1.807) is 0 Å². The zero-order chi connectivity index (χ0) is 12.0. The van der Waals surface area contributed by atoms with Gasteiger partial charge in [0, 0.05) is 18.0 Å². The minimum absolute atomic E-state index is 0.498. The summed E-state index contributed by atoms with van der Waals surface area (Å²) in [5, 5.41) is 0. The molecule has 1 aromatic heterocycles. The van der Waals surface area contributed by atoms with Gasteiger partial charge in [0.25, 0.3) is 0 Å². The summed E-state index contributed by atoms with van der Waals surface area (Å²) in [4.78, 5) is 8.87. The molecule has 0 aliphatic rings. The summed E-state index contributed by atoms with van der Waals surface area (Å²) in [5.41, 5.74) is 8.77. The van der Waals surface area contributed by atoms with Crippen molar-refractivity contribution in [1.29, 1.82) is 0 Å². The van der Waals surface area contributed by atoms with E-state index in [1.165, 1.54) is 5.56 Å². The van der Waals surface area contributed by atoms with Crippen LogP contribution >= 0.6 is 0 Å². The first-order valence-electron chi connectivity index (χ1n) is 5.79. The van der Waals surface area contributed by atoms with Gasteiger partial charge in [-0.3, -0.25) is 0 Å². The van der Waals surface area contributed by atoms with Crippen LogP contribution in [0.25, 0.3) is 0 Å². The number of aromatic nitrogens is 2. The predicted molar refractivity (Wildman–Crippen MR) is 64.2 cm³/mol. The van der Waals surface area contributed by atoms with Crippen LogP contribution in [-0.4, -0.2) is 23.1 Å². The Hall–Kier alpha value is -1.00. The Morgan fingerprint density at radius 1 is 1.19 bits per heavy atom. The highest BCUT2D eigenvalue weighted by atomic mass is 16.5. The van der Waals surface area contributed by atoms with Crippen molar-refractivity contribution in [2.75, 3.05) is 13.2 Å². The second-order valence-corrected chi connectivity index (χ2v) is 3.88. The Bertz CT molecular complexity index is 316. The van der Waals surface area contributed by atoms with E-state index in [1.807, 2.05) is 13.8 Å². The van der Waals surface area contributed by atoms with Crippen LogP contribution in [0, 0.1) is 13.8 Å². The lowest BCUT2D eigenvalue weighted by Gasteiger charge is -2.10. The highest BCUT2D eigenvalue weighted by molar-refractivity contribution is 5.24. The second kappa shape index (κ2) is 6.55. The third-order valence-electron chi connectivity index (χ3n) is 2.44. The maximum atomic E-state index is 5.55. The van der Waals surface area contributed by atoms with Gasteiger partial charge in [0.1, 0.15) is 6.61 Å². The van der Waals surface area contributed by atoms with Crippen molar-refractivity contribution < 1.29 is 4.74 Å². The zero-order valence-electron chi connectivity index (χ0n) is 10.4. The van der Waals surface area contributed by atoms with Crippen LogP contribution in [0.2, 0.25) is 0 Å². The molecule has 0 aliphatic carbocycles. The summed E-state index contributed by atoms with van der Waals surface area (Å²) in [6.45, 7) is 7.98. The lowest BCUT2D eigenvalue weighted by Crippen LogP contribution is -2.11. The summed E-state index contributed by atoms with van der Waals surface area (Å²) < 4.78 is 5.43. The van der Waals surface area contributed by atoms with Crippen molar-refractivity contribution in [3.05, 3.63) is 22.8 Å². The Balaban J connectivity index is 2.75. The maximum Gasteiger partial charge on any atom is 0.154 e. The van der Waals surface area contributed by atoms with Gasteiger partial charge in [-0.05, 0) is 38.8 Å². The van der Waals surface area contributed by atoms with Gasteiger partial charge >= 0.3 is 0 Å². The topological polar surface area (TPSA) is 61.0 Å².